The van der Waals surface area contributed by atoms with Gasteiger partial charge in [0.25, 0.3) is 5.91 Å². The molecule has 1 aromatic heterocycles. The monoisotopic (exact) mass is 372 g/mol. The van der Waals surface area contributed by atoms with Crippen molar-refractivity contribution in [2.45, 2.75) is 46.1 Å². The lowest BCUT2D eigenvalue weighted by Gasteiger charge is -2.21. The average Bonchev–Trinajstić information content (AvgIpc) is 3.08. The largest absolute Gasteiger partial charge is 0.497 e. The average molecular weight is 372 g/mol. The first-order chi connectivity index (χ1) is 12.6. The molecule has 0 aliphatic rings. The lowest BCUT2D eigenvalue weighted by atomic mass is 9.92. The highest BCUT2D eigenvalue weighted by Gasteiger charge is 2.26. The number of carbonyl (C=O) groups excluding carboxylic acids is 2. The van der Waals surface area contributed by atoms with Crippen molar-refractivity contribution in [3.63, 3.8) is 0 Å². The zero-order valence-corrected chi connectivity index (χ0v) is 16.7. The minimum Gasteiger partial charge on any atom is -0.497 e. The minimum atomic E-state index is -0.686. The van der Waals surface area contributed by atoms with Gasteiger partial charge in [-0.25, -0.2) is 0 Å². The van der Waals surface area contributed by atoms with Gasteiger partial charge in [0.1, 0.15) is 11.8 Å². The minimum absolute atomic E-state index is 0.0896. The number of rotatable bonds is 6. The first kappa shape index (κ1) is 20.5. The molecular weight excluding hydrogens is 344 g/mol. The fourth-order valence-electron chi connectivity index (χ4n) is 2.48. The van der Waals surface area contributed by atoms with Crippen LogP contribution < -0.4 is 15.4 Å². The van der Waals surface area contributed by atoms with Crippen molar-refractivity contribution in [2.24, 2.45) is 5.92 Å². The molecule has 0 aliphatic heterocycles. The van der Waals surface area contributed by atoms with Crippen LogP contribution in [0.2, 0.25) is 0 Å². The zero-order chi connectivity index (χ0) is 20.2. The number of hydrogen-bond acceptors (Lipinski definition) is 4. The number of hydrogen-bond donors (Lipinski definition) is 3. The second-order valence-corrected chi connectivity index (χ2v) is 7.83. The summed E-state index contributed by atoms with van der Waals surface area (Å²) in [5.41, 5.74) is 1.28. The number of methoxy groups -OCH3 is 1. The van der Waals surface area contributed by atoms with Crippen LogP contribution in [0.25, 0.3) is 0 Å². The number of amides is 2. The smallest absolute Gasteiger partial charge is 0.251 e. The van der Waals surface area contributed by atoms with Crippen molar-refractivity contribution >= 4 is 17.6 Å². The predicted octanol–water partition coefficient (Wildman–Crippen LogP) is 3.11. The van der Waals surface area contributed by atoms with E-state index in [4.69, 9.17) is 4.74 Å². The normalized spacial score (nSPS) is 12.6. The van der Waals surface area contributed by atoms with E-state index in [-0.39, 0.29) is 23.1 Å². The second-order valence-electron chi connectivity index (χ2n) is 7.83. The summed E-state index contributed by atoms with van der Waals surface area (Å²) in [5, 5.41) is 12.6. The summed E-state index contributed by atoms with van der Waals surface area (Å²) in [6.07, 6.45) is 0. The van der Waals surface area contributed by atoms with Gasteiger partial charge in [0.15, 0.2) is 5.82 Å². The van der Waals surface area contributed by atoms with Crippen LogP contribution in [0.15, 0.2) is 30.3 Å². The summed E-state index contributed by atoms with van der Waals surface area (Å²) in [7, 11) is 1.56. The van der Waals surface area contributed by atoms with Gasteiger partial charge in [0, 0.05) is 22.7 Å². The van der Waals surface area contributed by atoms with Crippen molar-refractivity contribution in [1.82, 2.24) is 15.5 Å². The molecule has 7 nitrogen and oxygen atoms in total. The molecule has 1 aromatic carbocycles. The van der Waals surface area contributed by atoms with E-state index >= 15 is 0 Å². The number of anilines is 1. The molecule has 1 unspecified atom stereocenters. The van der Waals surface area contributed by atoms with Gasteiger partial charge in [-0.15, -0.1) is 0 Å². The van der Waals surface area contributed by atoms with E-state index in [1.165, 1.54) is 0 Å². The molecular formula is C20H28N4O3. The van der Waals surface area contributed by atoms with Crippen molar-refractivity contribution in [3.8, 4) is 5.75 Å². The topological polar surface area (TPSA) is 96.1 Å². The molecule has 2 amide bonds. The fraction of sp³-hybridized carbons (Fsp3) is 0.450. The number of nitrogens with zero attached hydrogens (tertiary/aromatic N) is 1. The number of ether oxygens (including phenoxy) is 1. The highest BCUT2D eigenvalue weighted by Crippen LogP contribution is 2.22. The first-order valence-electron chi connectivity index (χ1n) is 8.93. The highest BCUT2D eigenvalue weighted by molar-refractivity contribution is 6.01. The van der Waals surface area contributed by atoms with Crippen LogP contribution in [0.1, 0.15) is 50.7 Å². The summed E-state index contributed by atoms with van der Waals surface area (Å²) in [6.45, 7) is 9.92. The molecule has 146 valence electrons. The van der Waals surface area contributed by atoms with Crippen molar-refractivity contribution in [2.75, 3.05) is 12.4 Å². The van der Waals surface area contributed by atoms with E-state index in [2.05, 4.69) is 41.6 Å². The molecule has 1 atom stereocenters. The van der Waals surface area contributed by atoms with Gasteiger partial charge in [-0.1, -0.05) is 34.6 Å². The Morgan fingerprint density at radius 1 is 1.15 bits per heavy atom. The maximum atomic E-state index is 12.7. The molecule has 7 heteroatoms. The van der Waals surface area contributed by atoms with Crippen LogP contribution in [0.5, 0.6) is 5.75 Å². The number of benzene rings is 1. The van der Waals surface area contributed by atoms with E-state index in [1.54, 1.807) is 37.4 Å². The predicted molar refractivity (Wildman–Crippen MR) is 105 cm³/mol. The lowest BCUT2D eigenvalue weighted by molar-refractivity contribution is -0.118. The number of carbonyl (C=O) groups is 2. The molecule has 0 radical (unpaired) electrons. The molecule has 2 rings (SSSR count). The van der Waals surface area contributed by atoms with Crippen LogP contribution in [0, 0.1) is 5.92 Å². The van der Waals surface area contributed by atoms with E-state index in [9.17, 15) is 9.59 Å². The van der Waals surface area contributed by atoms with Crippen LogP contribution in [-0.2, 0) is 10.2 Å². The molecule has 27 heavy (non-hydrogen) atoms. The Morgan fingerprint density at radius 2 is 1.78 bits per heavy atom. The van der Waals surface area contributed by atoms with Gasteiger partial charge in [0.05, 0.1) is 7.11 Å². The van der Waals surface area contributed by atoms with Crippen molar-refractivity contribution < 1.29 is 14.3 Å². The number of nitrogens with one attached hydrogen (secondary N) is 3. The Kier molecular flexibility index (Phi) is 6.25. The summed E-state index contributed by atoms with van der Waals surface area (Å²) in [6, 6.07) is 7.85. The van der Waals surface area contributed by atoms with Crippen LogP contribution in [0.3, 0.4) is 0 Å². The Balaban J connectivity index is 2.08. The van der Waals surface area contributed by atoms with Gasteiger partial charge in [-0.2, -0.15) is 5.10 Å². The third kappa shape index (κ3) is 5.32. The Bertz CT molecular complexity index is 788. The molecule has 0 saturated carbocycles. The quantitative estimate of drug-likeness (QED) is 0.726. The molecule has 1 heterocycles. The zero-order valence-electron chi connectivity index (χ0n) is 16.7. The number of aromatic amines is 1. The maximum Gasteiger partial charge on any atom is 0.251 e. The van der Waals surface area contributed by atoms with Crippen LogP contribution >= 0.6 is 0 Å². The Labute approximate surface area is 159 Å². The first-order valence-corrected chi connectivity index (χ1v) is 8.93. The van der Waals surface area contributed by atoms with Gasteiger partial charge in [-0.3, -0.25) is 14.7 Å². The summed E-state index contributed by atoms with van der Waals surface area (Å²) < 4.78 is 5.09. The van der Waals surface area contributed by atoms with Crippen molar-refractivity contribution in [1.29, 1.82) is 0 Å². The number of H-pyrrole nitrogens is 1. The van der Waals surface area contributed by atoms with Gasteiger partial charge >= 0.3 is 0 Å². The molecule has 0 saturated heterocycles. The third-order valence-electron chi connectivity index (χ3n) is 4.23. The van der Waals surface area contributed by atoms with Gasteiger partial charge < -0.3 is 15.4 Å². The Hall–Kier alpha value is -2.83. The molecule has 0 aliphatic carbocycles. The van der Waals surface area contributed by atoms with Gasteiger partial charge in [0.2, 0.25) is 5.91 Å². The molecule has 0 fully saturated rings. The Morgan fingerprint density at radius 3 is 2.26 bits per heavy atom. The van der Waals surface area contributed by atoms with E-state index in [0.29, 0.717) is 17.1 Å². The molecule has 3 N–H and O–H groups in total. The van der Waals surface area contributed by atoms with E-state index in [0.717, 1.165) is 5.69 Å². The summed E-state index contributed by atoms with van der Waals surface area (Å²) in [4.78, 5) is 25.2. The van der Waals surface area contributed by atoms with Gasteiger partial charge in [-0.05, 0) is 30.2 Å². The second kappa shape index (κ2) is 8.24. The number of aromatic nitrogens is 2. The molecule has 2 aromatic rings. The standard InChI is InChI=1S/C20H28N4O3/c1-12(2)17(22-18(25)13-7-9-14(27-6)10-8-13)19(26)21-16-11-15(23-24-16)20(3,4)5/h7-12,17H,1-6H3,(H,22,25)(H2,21,23,24,26). The van der Waals surface area contributed by atoms with Crippen LogP contribution in [-0.4, -0.2) is 35.2 Å². The molecule has 0 bridgehead atoms. The van der Waals surface area contributed by atoms with Crippen LogP contribution in [0.4, 0.5) is 5.82 Å². The summed E-state index contributed by atoms with van der Waals surface area (Å²) >= 11 is 0. The SMILES string of the molecule is COc1ccc(C(=O)NC(C(=O)Nc2cc(C(C)(C)C)[nH]n2)C(C)C)cc1. The van der Waals surface area contributed by atoms with E-state index in [1.807, 2.05) is 13.8 Å². The maximum absolute atomic E-state index is 12.7. The lowest BCUT2D eigenvalue weighted by Crippen LogP contribution is -2.47. The summed E-state index contributed by atoms with van der Waals surface area (Å²) in [5.74, 6) is 0.392. The van der Waals surface area contributed by atoms with E-state index < -0.39 is 6.04 Å². The molecule has 0 spiro atoms. The fourth-order valence-corrected chi connectivity index (χ4v) is 2.48. The third-order valence-corrected chi connectivity index (χ3v) is 4.23. The van der Waals surface area contributed by atoms with Crippen molar-refractivity contribution in [3.05, 3.63) is 41.6 Å². The highest BCUT2D eigenvalue weighted by atomic mass is 16.5.